The molecule has 147 valence electrons. The fraction of sp³-hybridized carbons (Fsp3) is 0.208. The topological polar surface area (TPSA) is 0 Å². The summed E-state index contributed by atoms with van der Waals surface area (Å²) in [6.07, 6.45) is 13.5. The van der Waals surface area contributed by atoms with Crippen LogP contribution in [0.4, 0.5) is 0 Å². The van der Waals surface area contributed by atoms with Gasteiger partial charge in [-0.05, 0) is 29.9 Å². The van der Waals surface area contributed by atoms with E-state index in [9.17, 15) is 0 Å². The van der Waals surface area contributed by atoms with Crippen LogP contribution in [0.15, 0.2) is 71.6 Å². The maximum Gasteiger partial charge on any atom is -1.00 e. The van der Waals surface area contributed by atoms with Crippen molar-refractivity contribution in [1.82, 2.24) is 0 Å². The summed E-state index contributed by atoms with van der Waals surface area (Å²) in [6, 6.07) is 13.4. The molecule has 0 N–H and O–H groups in total. The first-order chi connectivity index (χ1) is 13.2. The van der Waals surface area contributed by atoms with Gasteiger partial charge in [0.05, 0.1) is 0 Å². The van der Waals surface area contributed by atoms with Crippen molar-refractivity contribution >= 4 is 36.5 Å². The predicted octanol–water partition coefficient (Wildman–Crippen LogP) is 1.37. The van der Waals surface area contributed by atoms with E-state index in [4.69, 9.17) is 0 Å². The SMILES string of the molecule is CC1=PC2=CC=CC2=C1.CCCc1ccc(C2=Cc3ccccc3[CH]2[Zr+2])s1.[Cl-].[Cl-]. The van der Waals surface area contributed by atoms with Crippen LogP contribution in [-0.2, 0) is 31.1 Å². The predicted molar refractivity (Wildman–Crippen MR) is 118 cm³/mol. The number of hydrogen-bond donors (Lipinski definition) is 0. The molecule has 1 aliphatic heterocycles. The van der Waals surface area contributed by atoms with Gasteiger partial charge in [0, 0.05) is 5.31 Å². The number of halogens is 2. The summed E-state index contributed by atoms with van der Waals surface area (Å²) in [7, 11) is 1.40. The van der Waals surface area contributed by atoms with Gasteiger partial charge in [-0.15, -0.1) is 0 Å². The molecule has 1 aromatic carbocycles. The van der Waals surface area contributed by atoms with Crippen LogP contribution in [0.5, 0.6) is 0 Å². The number of allylic oxidation sites excluding steroid dienone is 7. The zero-order valence-electron chi connectivity index (χ0n) is 16.5. The second-order valence-electron chi connectivity index (χ2n) is 6.94. The van der Waals surface area contributed by atoms with E-state index >= 15 is 0 Å². The minimum Gasteiger partial charge on any atom is -1.00 e. The molecule has 29 heavy (non-hydrogen) atoms. The maximum absolute atomic E-state index is 2.39. The Morgan fingerprint density at radius 3 is 2.59 bits per heavy atom. The smallest absolute Gasteiger partial charge is 1.00 e. The zero-order valence-corrected chi connectivity index (χ0v) is 22.1. The molecular weight excluding hydrogens is 513 g/mol. The molecule has 0 fully saturated rings. The van der Waals surface area contributed by atoms with E-state index < -0.39 is 0 Å². The van der Waals surface area contributed by atoms with Crippen molar-refractivity contribution < 1.29 is 49.5 Å². The molecule has 2 aliphatic carbocycles. The number of fused-ring (bicyclic) bond motifs is 2. The Hall–Kier alpha value is -0.487. The average molecular weight is 536 g/mol. The van der Waals surface area contributed by atoms with Crippen molar-refractivity contribution in [3.05, 3.63) is 92.5 Å². The normalized spacial score (nSPS) is 18.1. The molecule has 0 saturated carbocycles. The minimum atomic E-state index is 0. The molecule has 0 bridgehead atoms. The second-order valence-corrected chi connectivity index (χ2v) is 10.9. The van der Waals surface area contributed by atoms with E-state index in [1.165, 1.54) is 63.7 Å². The van der Waals surface area contributed by atoms with Crippen LogP contribution < -0.4 is 24.8 Å². The van der Waals surface area contributed by atoms with E-state index in [1.807, 2.05) is 11.3 Å². The molecule has 0 spiro atoms. The first-order valence-electron chi connectivity index (χ1n) is 9.42. The summed E-state index contributed by atoms with van der Waals surface area (Å²) in [4.78, 5) is 2.99. The van der Waals surface area contributed by atoms with Gasteiger partial charge in [-0.3, -0.25) is 0 Å². The molecule has 2 aromatic rings. The van der Waals surface area contributed by atoms with Gasteiger partial charge in [0.2, 0.25) is 0 Å². The Bertz CT molecular complexity index is 1030. The Morgan fingerprint density at radius 2 is 1.86 bits per heavy atom. The third kappa shape index (κ3) is 5.61. The van der Waals surface area contributed by atoms with Gasteiger partial charge < -0.3 is 24.8 Å². The maximum atomic E-state index is 2.39. The Labute approximate surface area is 207 Å². The van der Waals surface area contributed by atoms with Crippen molar-refractivity contribution in [2.24, 2.45) is 0 Å². The zero-order chi connectivity index (χ0) is 18.8. The standard InChI is InChI=1S/C16H15S.C8H7P.2ClH.Zr/c1-2-5-15-8-9-16(17-15)14-10-12-6-3-4-7-13(12)11-14;1-6-5-7-3-2-4-8(7)9-6;;;/h3-4,6-11H,2,5H2,1H3;2-5H,1H3;2*1H;/q;;;;+2/p-2. The molecule has 0 saturated heterocycles. The third-order valence-corrected chi connectivity index (χ3v) is 8.71. The van der Waals surface area contributed by atoms with Crippen molar-refractivity contribution in [3.63, 3.8) is 0 Å². The van der Waals surface area contributed by atoms with Gasteiger partial charge in [-0.2, -0.15) is 0 Å². The van der Waals surface area contributed by atoms with Crippen LogP contribution in [0, 0.1) is 0 Å². The van der Waals surface area contributed by atoms with Crippen molar-refractivity contribution in [2.75, 3.05) is 0 Å². The molecule has 1 atom stereocenters. The van der Waals surface area contributed by atoms with Gasteiger partial charge in [-0.1, -0.05) is 20.4 Å². The monoisotopic (exact) mass is 533 g/mol. The number of aryl methyl sites for hydroxylation is 1. The molecule has 1 unspecified atom stereocenters. The number of thiophene rings is 1. The number of benzene rings is 1. The summed E-state index contributed by atoms with van der Waals surface area (Å²) >= 11 is 3.57. The molecule has 1 aromatic heterocycles. The Morgan fingerprint density at radius 1 is 1.07 bits per heavy atom. The molecular formula is C24H22Cl2PSZr. The second kappa shape index (κ2) is 11.2. The van der Waals surface area contributed by atoms with E-state index in [1.54, 1.807) is 24.7 Å². The molecule has 2 heterocycles. The molecule has 5 rings (SSSR count). The van der Waals surface area contributed by atoms with Crippen molar-refractivity contribution in [1.29, 1.82) is 0 Å². The molecule has 0 nitrogen and oxygen atoms in total. The molecule has 0 radical (unpaired) electrons. The Balaban J connectivity index is 0.000000232. The van der Waals surface area contributed by atoms with Crippen molar-refractivity contribution in [2.45, 2.75) is 30.3 Å². The van der Waals surface area contributed by atoms with Crippen LogP contribution in [0.3, 0.4) is 0 Å². The molecule has 3 aliphatic rings. The quantitative estimate of drug-likeness (QED) is 0.521. The summed E-state index contributed by atoms with van der Waals surface area (Å²) < 4.78 is 0.626. The van der Waals surface area contributed by atoms with Gasteiger partial charge in [0.15, 0.2) is 0 Å². The first-order valence-corrected chi connectivity index (χ1v) is 12.5. The van der Waals surface area contributed by atoms with E-state index in [2.05, 4.69) is 80.6 Å². The average Bonchev–Trinajstić information content (AvgIpc) is 3.41. The first kappa shape index (κ1) is 24.8. The van der Waals surface area contributed by atoms with Gasteiger partial charge >= 0.3 is 128 Å². The summed E-state index contributed by atoms with van der Waals surface area (Å²) in [5.41, 5.74) is 5.87. The summed E-state index contributed by atoms with van der Waals surface area (Å²) in [6.45, 7) is 4.42. The van der Waals surface area contributed by atoms with Crippen molar-refractivity contribution in [3.8, 4) is 0 Å². The van der Waals surface area contributed by atoms with Crippen LogP contribution in [-0.4, -0.2) is 5.29 Å². The minimum absolute atomic E-state index is 0. The third-order valence-electron chi connectivity index (χ3n) is 4.86. The molecule has 5 heteroatoms. The largest absolute Gasteiger partial charge is 1.00 e. The van der Waals surface area contributed by atoms with Crippen LogP contribution in [0.2, 0.25) is 0 Å². The number of hydrogen-bond acceptors (Lipinski definition) is 1. The number of rotatable bonds is 3. The summed E-state index contributed by atoms with van der Waals surface area (Å²) in [5.74, 6) is 0. The van der Waals surface area contributed by atoms with E-state index in [0.29, 0.717) is 3.63 Å². The van der Waals surface area contributed by atoms with E-state index in [0.717, 1.165) is 0 Å². The Kier molecular flexibility index (Phi) is 9.59. The fourth-order valence-corrected chi connectivity index (χ4v) is 7.20. The van der Waals surface area contributed by atoms with E-state index in [-0.39, 0.29) is 24.8 Å². The van der Waals surface area contributed by atoms with Crippen LogP contribution >= 0.6 is 19.5 Å². The van der Waals surface area contributed by atoms with Crippen LogP contribution in [0.25, 0.3) is 11.6 Å². The summed E-state index contributed by atoms with van der Waals surface area (Å²) in [5, 5.41) is 2.92. The fourth-order valence-electron chi connectivity index (χ4n) is 3.55. The van der Waals surface area contributed by atoms with Gasteiger partial charge in [0.25, 0.3) is 0 Å². The molecule has 0 amide bonds. The van der Waals surface area contributed by atoms with Gasteiger partial charge in [-0.25, -0.2) is 0 Å². The van der Waals surface area contributed by atoms with Gasteiger partial charge in [0.1, 0.15) is 0 Å². The van der Waals surface area contributed by atoms with Crippen LogP contribution in [0.1, 0.15) is 44.8 Å².